The molecule has 0 unspecified atom stereocenters. The summed E-state index contributed by atoms with van der Waals surface area (Å²) in [5.41, 5.74) is 0.906. The topological polar surface area (TPSA) is 83.6 Å². The van der Waals surface area contributed by atoms with Gasteiger partial charge in [-0.25, -0.2) is 9.97 Å². The van der Waals surface area contributed by atoms with Crippen molar-refractivity contribution in [3.05, 3.63) is 17.4 Å². The first-order valence-electron chi connectivity index (χ1n) is 4.44. The van der Waals surface area contributed by atoms with Crippen LogP contribution in [0.2, 0.25) is 0 Å². The summed E-state index contributed by atoms with van der Waals surface area (Å²) >= 11 is 2.71. The number of rotatable bonds is 4. The van der Waals surface area contributed by atoms with E-state index in [0.29, 0.717) is 10.3 Å². The van der Waals surface area contributed by atoms with Crippen LogP contribution in [0.25, 0.3) is 0 Å². The molecule has 0 fully saturated rings. The smallest absolute Gasteiger partial charge is 0.236 e. The number of carbonyl (C=O) groups excluding carboxylic acids is 1. The number of anilines is 1. The van der Waals surface area contributed by atoms with Crippen molar-refractivity contribution >= 4 is 34.1 Å². The van der Waals surface area contributed by atoms with E-state index in [-0.39, 0.29) is 11.7 Å². The van der Waals surface area contributed by atoms with Crippen molar-refractivity contribution < 1.29 is 4.79 Å². The average Bonchev–Trinajstić information content (AvgIpc) is 2.87. The Morgan fingerprint density at radius 1 is 1.69 bits per heavy atom. The van der Waals surface area contributed by atoms with E-state index in [9.17, 15) is 4.79 Å². The first kappa shape index (κ1) is 11.1. The van der Waals surface area contributed by atoms with Crippen molar-refractivity contribution in [2.75, 3.05) is 11.1 Å². The van der Waals surface area contributed by atoms with Gasteiger partial charge in [0.15, 0.2) is 10.3 Å². The van der Waals surface area contributed by atoms with Crippen LogP contribution >= 0.6 is 23.1 Å². The van der Waals surface area contributed by atoms with E-state index in [4.69, 9.17) is 0 Å². The van der Waals surface area contributed by atoms with Gasteiger partial charge < -0.3 is 5.32 Å². The van der Waals surface area contributed by atoms with Crippen LogP contribution < -0.4 is 5.32 Å². The van der Waals surface area contributed by atoms with E-state index in [1.54, 1.807) is 0 Å². The van der Waals surface area contributed by atoms with Crippen LogP contribution in [0.3, 0.4) is 0 Å². The second-order valence-electron chi connectivity index (χ2n) is 2.92. The minimum Gasteiger partial charge on any atom is -0.301 e. The van der Waals surface area contributed by atoms with Gasteiger partial charge in [-0.05, 0) is 6.92 Å². The summed E-state index contributed by atoms with van der Waals surface area (Å²) in [5, 5.41) is 12.2. The summed E-state index contributed by atoms with van der Waals surface area (Å²) < 4.78 is 0. The third-order valence-electron chi connectivity index (χ3n) is 1.60. The largest absolute Gasteiger partial charge is 0.301 e. The van der Waals surface area contributed by atoms with Crippen LogP contribution in [0.1, 0.15) is 5.69 Å². The van der Waals surface area contributed by atoms with Gasteiger partial charge in [0.2, 0.25) is 5.91 Å². The predicted octanol–water partition coefficient (Wildman–Crippen LogP) is 1.30. The first-order valence-corrected chi connectivity index (χ1v) is 6.31. The molecule has 1 amide bonds. The molecule has 0 aliphatic carbocycles. The van der Waals surface area contributed by atoms with Crippen LogP contribution in [0, 0.1) is 6.92 Å². The SMILES string of the molecule is Cc1csc(NC(=O)CSc2ncn[nH]2)n1. The highest BCUT2D eigenvalue weighted by atomic mass is 32.2. The Balaban J connectivity index is 1.81. The van der Waals surface area contributed by atoms with Crippen molar-refractivity contribution in [2.24, 2.45) is 0 Å². The minimum atomic E-state index is -0.101. The molecule has 0 aliphatic heterocycles. The van der Waals surface area contributed by atoms with E-state index >= 15 is 0 Å². The lowest BCUT2D eigenvalue weighted by Gasteiger charge is -1.98. The molecule has 0 atom stereocenters. The Hall–Kier alpha value is -1.41. The van der Waals surface area contributed by atoms with Gasteiger partial charge in [0.05, 0.1) is 11.4 Å². The number of amides is 1. The fourth-order valence-electron chi connectivity index (χ4n) is 0.964. The minimum absolute atomic E-state index is 0.101. The quantitative estimate of drug-likeness (QED) is 0.804. The molecule has 84 valence electrons. The zero-order valence-electron chi connectivity index (χ0n) is 8.43. The number of aromatic amines is 1. The molecule has 6 nitrogen and oxygen atoms in total. The molecule has 0 spiro atoms. The van der Waals surface area contributed by atoms with E-state index in [0.717, 1.165) is 5.69 Å². The Morgan fingerprint density at radius 3 is 3.19 bits per heavy atom. The fourth-order valence-corrected chi connectivity index (χ4v) is 2.25. The molecule has 2 aromatic heterocycles. The summed E-state index contributed by atoms with van der Waals surface area (Å²) in [5.74, 6) is 0.184. The van der Waals surface area contributed by atoms with Gasteiger partial charge in [-0.1, -0.05) is 11.8 Å². The summed E-state index contributed by atoms with van der Waals surface area (Å²) in [6.07, 6.45) is 1.41. The van der Waals surface area contributed by atoms with E-state index < -0.39 is 0 Å². The van der Waals surface area contributed by atoms with Gasteiger partial charge in [0, 0.05) is 5.38 Å². The zero-order chi connectivity index (χ0) is 11.4. The van der Waals surface area contributed by atoms with E-state index in [1.807, 2.05) is 12.3 Å². The molecule has 16 heavy (non-hydrogen) atoms. The number of aryl methyl sites for hydroxylation is 1. The maximum atomic E-state index is 11.5. The summed E-state index contributed by atoms with van der Waals surface area (Å²) in [7, 11) is 0. The lowest BCUT2D eigenvalue weighted by atomic mass is 10.6. The Morgan fingerprint density at radius 2 is 2.56 bits per heavy atom. The normalized spacial score (nSPS) is 10.3. The number of H-pyrrole nitrogens is 1. The molecule has 2 N–H and O–H groups in total. The van der Waals surface area contributed by atoms with Crippen molar-refractivity contribution in [2.45, 2.75) is 12.1 Å². The van der Waals surface area contributed by atoms with E-state index in [1.165, 1.54) is 29.4 Å². The van der Waals surface area contributed by atoms with Crippen molar-refractivity contribution in [3.8, 4) is 0 Å². The number of nitrogens with zero attached hydrogens (tertiary/aromatic N) is 3. The molecule has 2 rings (SSSR count). The Bertz CT molecular complexity index is 466. The molecule has 8 heteroatoms. The van der Waals surface area contributed by atoms with Crippen LogP contribution in [0.5, 0.6) is 0 Å². The van der Waals surface area contributed by atoms with Gasteiger partial charge in [-0.15, -0.1) is 11.3 Å². The number of thioether (sulfide) groups is 1. The van der Waals surface area contributed by atoms with Crippen LogP contribution in [0.15, 0.2) is 16.9 Å². The van der Waals surface area contributed by atoms with E-state index in [2.05, 4.69) is 25.5 Å². The molecule has 0 bridgehead atoms. The first-order chi connectivity index (χ1) is 7.74. The molecular formula is C8H9N5OS2. The second kappa shape index (κ2) is 5.08. The van der Waals surface area contributed by atoms with Crippen molar-refractivity contribution in [1.82, 2.24) is 20.2 Å². The lowest BCUT2D eigenvalue weighted by molar-refractivity contribution is -0.113. The molecule has 0 aliphatic rings. The highest BCUT2D eigenvalue weighted by molar-refractivity contribution is 7.99. The number of thiazole rings is 1. The standard InChI is InChI=1S/C8H9N5OS2/c1-5-2-15-8(11-5)12-6(14)3-16-7-9-4-10-13-7/h2,4H,3H2,1H3,(H,9,10,13)(H,11,12,14). The molecule has 2 heterocycles. The second-order valence-corrected chi connectivity index (χ2v) is 4.74. The number of nitrogens with one attached hydrogen (secondary N) is 2. The van der Waals surface area contributed by atoms with Crippen LogP contribution in [-0.4, -0.2) is 31.8 Å². The molecule has 0 saturated carbocycles. The predicted molar refractivity (Wildman–Crippen MR) is 62.6 cm³/mol. The average molecular weight is 255 g/mol. The monoisotopic (exact) mass is 255 g/mol. The molecule has 0 radical (unpaired) electrons. The number of hydrogen-bond donors (Lipinski definition) is 2. The molecule has 0 saturated heterocycles. The zero-order valence-corrected chi connectivity index (χ0v) is 10.1. The van der Waals surface area contributed by atoms with Crippen LogP contribution in [-0.2, 0) is 4.79 Å². The van der Waals surface area contributed by atoms with Gasteiger partial charge in [-0.3, -0.25) is 9.89 Å². The Kier molecular flexibility index (Phi) is 3.52. The Labute approximate surface area is 99.9 Å². The van der Waals surface area contributed by atoms with Crippen molar-refractivity contribution in [3.63, 3.8) is 0 Å². The summed E-state index contributed by atoms with van der Waals surface area (Å²) in [4.78, 5) is 19.5. The number of carbonyl (C=O) groups is 1. The maximum absolute atomic E-state index is 11.5. The van der Waals surface area contributed by atoms with Crippen molar-refractivity contribution in [1.29, 1.82) is 0 Å². The van der Waals surface area contributed by atoms with Crippen LogP contribution in [0.4, 0.5) is 5.13 Å². The highest BCUT2D eigenvalue weighted by Gasteiger charge is 2.07. The highest BCUT2D eigenvalue weighted by Crippen LogP contribution is 2.16. The van der Waals surface area contributed by atoms with Gasteiger partial charge >= 0.3 is 0 Å². The third-order valence-corrected chi connectivity index (χ3v) is 3.35. The molecule has 0 aromatic carbocycles. The van der Waals surface area contributed by atoms with Gasteiger partial charge in [0.1, 0.15) is 6.33 Å². The maximum Gasteiger partial charge on any atom is 0.236 e. The van der Waals surface area contributed by atoms with Gasteiger partial charge in [-0.2, -0.15) is 5.10 Å². The third kappa shape index (κ3) is 3.04. The molecular weight excluding hydrogens is 246 g/mol. The van der Waals surface area contributed by atoms with Gasteiger partial charge in [0.25, 0.3) is 0 Å². The fraction of sp³-hybridized carbons (Fsp3) is 0.250. The number of hydrogen-bond acceptors (Lipinski definition) is 6. The summed E-state index contributed by atoms with van der Waals surface area (Å²) in [6, 6.07) is 0. The summed E-state index contributed by atoms with van der Waals surface area (Å²) in [6.45, 7) is 1.88. The lowest BCUT2D eigenvalue weighted by Crippen LogP contribution is -2.13. The molecule has 2 aromatic rings. The number of aromatic nitrogens is 4.